The smallest absolute Gasteiger partial charge is 0.250 e. The van der Waals surface area contributed by atoms with E-state index < -0.39 is 0 Å². The van der Waals surface area contributed by atoms with Gasteiger partial charge in [0, 0.05) is 18.8 Å². The molecule has 0 unspecified atom stereocenters. The van der Waals surface area contributed by atoms with Gasteiger partial charge in [0.1, 0.15) is 5.82 Å². The molecule has 2 heterocycles. The summed E-state index contributed by atoms with van der Waals surface area (Å²) in [6.45, 7) is 3.59. The zero-order valence-electron chi connectivity index (χ0n) is 15.2. The van der Waals surface area contributed by atoms with Crippen molar-refractivity contribution in [1.82, 2.24) is 14.1 Å². The molecule has 0 aliphatic carbocycles. The first kappa shape index (κ1) is 17.0. The third-order valence-electron chi connectivity index (χ3n) is 4.66. The average Bonchev–Trinajstić information content (AvgIpc) is 3.06. The molecule has 134 valence electrons. The topological polar surface area (TPSA) is 39.8 Å². The SMILES string of the molecule is CCn1c(/C=C/c2ccc(Cn3ccccc3=O)cc2)nc2ccccc21. The molecular weight excluding hydrogens is 334 g/mol. The van der Waals surface area contributed by atoms with Gasteiger partial charge in [-0.3, -0.25) is 4.79 Å². The molecule has 0 fully saturated rings. The summed E-state index contributed by atoms with van der Waals surface area (Å²) >= 11 is 0. The van der Waals surface area contributed by atoms with Crippen molar-refractivity contribution in [2.75, 3.05) is 0 Å². The fourth-order valence-electron chi connectivity index (χ4n) is 3.25. The molecule has 27 heavy (non-hydrogen) atoms. The summed E-state index contributed by atoms with van der Waals surface area (Å²) < 4.78 is 3.91. The average molecular weight is 355 g/mol. The minimum Gasteiger partial charge on any atom is -0.325 e. The maximum Gasteiger partial charge on any atom is 0.250 e. The van der Waals surface area contributed by atoms with Gasteiger partial charge >= 0.3 is 0 Å². The molecule has 0 amide bonds. The van der Waals surface area contributed by atoms with Crippen LogP contribution < -0.4 is 5.56 Å². The van der Waals surface area contributed by atoms with E-state index in [-0.39, 0.29) is 5.56 Å². The Balaban J connectivity index is 1.55. The minimum absolute atomic E-state index is 0.0138. The summed E-state index contributed by atoms with van der Waals surface area (Å²) in [7, 11) is 0. The van der Waals surface area contributed by atoms with E-state index in [0.717, 1.165) is 34.5 Å². The third-order valence-corrected chi connectivity index (χ3v) is 4.66. The second-order valence-electron chi connectivity index (χ2n) is 6.44. The fourth-order valence-corrected chi connectivity index (χ4v) is 3.25. The van der Waals surface area contributed by atoms with Gasteiger partial charge in [-0.1, -0.05) is 48.5 Å². The molecule has 2 aromatic heterocycles. The van der Waals surface area contributed by atoms with Crippen LogP contribution >= 0.6 is 0 Å². The van der Waals surface area contributed by atoms with E-state index in [1.807, 2.05) is 30.5 Å². The molecule has 0 aliphatic rings. The van der Waals surface area contributed by atoms with Gasteiger partial charge in [0.05, 0.1) is 17.6 Å². The molecule has 4 rings (SSSR count). The lowest BCUT2D eigenvalue weighted by Crippen LogP contribution is -2.18. The predicted octanol–water partition coefficient (Wildman–Crippen LogP) is 4.44. The van der Waals surface area contributed by atoms with Crippen molar-refractivity contribution >= 4 is 23.2 Å². The van der Waals surface area contributed by atoms with E-state index in [1.165, 1.54) is 0 Å². The van der Waals surface area contributed by atoms with E-state index >= 15 is 0 Å². The van der Waals surface area contributed by atoms with Crippen molar-refractivity contribution in [3.8, 4) is 0 Å². The van der Waals surface area contributed by atoms with Gasteiger partial charge in [-0.15, -0.1) is 0 Å². The van der Waals surface area contributed by atoms with E-state index in [2.05, 4.69) is 54.0 Å². The maximum absolute atomic E-state index is 11.8. The lowest BCUT2D eigenvalue weighted by atomic mass is 10.1. The molecular formula is C23H21N3O. The number of nitrogens with zero attached hydrogens (tertiary/aromatic N) is 3. The number of rotatable bonds is 5. The number of fused-ring (bicyclic) bond motifs is 1. The Hall–Kier alpha value is -3.40. The van der Waals surface area contributed by atoms with Crippen molar-refractivity contribution in [3.63, 3.8) is 0 Å². The van der Waals surface area contributed by atoms with Crippen molar-refractivity contribution in [2.45, 2.75) is 20.0 Å². The van der Waals surface area contributed by atoms with Crippen molar-refractivity contribution < 1.29 is 0 Å². The fraction of sp³-hybridized carbons (Fsp3) is 0.130. The van der Waals surface area contributed by atoms with Gasteiger partial charge in [0.25, 0.3) is 5.56 Å². The number of aromatic nitrogens is 3. The van der Waals surface area contributed by atoms with Crippen LogP contribution in [0.15, 0.2) is 77.7 Å². The van der Waals surface area contributed by atoms with Crippen LogP contribution in [0, 0.1) is 0 Å². The van der Waals surface area contributed by atoms with Crippen LogP contribution in [0.4, 0.5) is 0 Å². The zero-order chi connectivity index (χ0) is 18.6. The summed E-state index contributed by atoms with van der Waals surface area (Å²) in [5.74, 6) is 0.957. The van der Waals surface area contributed by atoms with E-state index in [1.54, 1.807) is 16.7 Å². The van der Waals surface area contributed by atoms with Crippen molar-refractivity contribution in [3.05, 3.63) is 100 Å². The van der Waals surface area contributed by atoms with Gasteiger partial charge in [0.2, 0.25) is 0 Å². The lowest BCUT2D eigenvalue weighted by Gasteiger charge is -2.05. The molecule has 2 aromatic carbocycles. The van der Waals surface area contributed by atoms with Crippen LogP contribution in [0.5, 0.6) is 0 Å². The minimum atomic E-state index is 0.0138. The molecule has 0 N–H and O–H groups in total. The number of para-hydroxylation sites is 2. The Morgan fingerprint density at radius 1 is 0.926 bits per heavy atom. The monoisotopic (exact) mass is 355 g/mol. The largest absolute Gasteiger partial charge is 0.325 e. The van der Waals surface area contributed by atoms with Crippen LogP contribution in [0.1, 0.15) is 23.9 Å². The maximum atomic E-state index is 11.8. The van der Waals surface area contributed by atoms with E-state index in [0.29, 0.717) is 6.54 Å². The second kappa shape index (κ2) is 7.46. The molecule has 4 aromatic rings. The summed E-state index contributed by atoms with van der Waals surface area (Å²) in [6.07, 6.45) is 5.94. The number of pyridine rings is 1. The summed E-state index contributed by atoms with van der Waals surface area (Å²) in [5, 5.41) is 0. The van der Waals surface area contributed by atoms with E-state index in [9.17, 15) is 4.79 Å². The third kappa shape index (κ3) is 3.60. The molecule has 4 heteroatoms. The zero-order valence-corrected chi connectivity index (χ0v) is 15.2. The summed E-state index contributed by atoms with van der Waals surface area (Å²) in [5.41, 5.74) is 4.39. The number of benzene rings is 2. The lowest BCUT2D eigenvalue weighted by molar-refractivity contribution is 0.759. The highest BCUT2D eigenvalue weighted by molar-refractivity contribution is 5.79. The van der Waals surface area contributed by atoms with Gasteiger partial charge in [-0.25, -0.2) is 4.98 Å². The van der Waals surface area contributed by atoms with Gasteiger partial charge in [-0.2, -0.15) is 0 Å². The van der Waals surface area contributed by atoms with Crippen LogP contribution in [0.2, 0.25) is 0 Å². The Morgan fingerprint density at radius 2 is 1.70 bits per heavy atom. The van der Waals surface area contributed by atoms with Crippen LogP contribution in [-0.4, -0.2) is 14.1 Å². The summed E-state index contributed by atoms with van der Waals surface area (Å²) in [6, 6.07) is 21.7. The number of hydrogen-bond donors (Lipinski definition) is 0. The number of hydrogen-bond acceptors (Lipinski definition) is 2. The van der Waals surface area contributed by atoms with Crippen LogP contribution in [0.3, 0.4) is 0 Å². The normalized spacial score (nSPS) is 11.4. The predicted molar refractivity (Wildman–Crippen MR) is 111 cm³/mol. The molecule has 0 aliphatic heterocycles. The van der Waals surface area contributed by atoms with Crippen molar-refractivity contribution in [1.29, 1.82) is 0 Å². The Morgan fingerprint density at radius 3 is 2.48 bits per heavy atom. The van der Waals surface area contributed by atoms with Gasteiger partial charge in [-0.05, 0) is 42.3 Å². The molecule has 0 radical (unpaired) electrons. The Labute approximate surface area is 158 Å². The highest BCUT2D eigenvalue weighted by Crippen LogP contribution is 2.18. The Kier molecular flexibility index (Phi) is 4.71. The van der Waals surface area contributed by atoms with E-state index in [4.69, 9.17) is 4.98 Å². The first-order valence-corrected chi connectivity index (χ1v) is 9.12. The number of aryl methyl sites for hydroxylation is 1. The quantitative estimate of drug-likeness (QED) is 0.531. The molecule has 0 saturated carbocycles. The first-order chi connectivity index (χ1) is 13.2. The molecule has 0 spiro atoms. The van der Waals surface area contributed by atoms with Crippen LogP contribution in [0.25, 0.3) is 23.2 Å². The molecule has 0 atom stereocenters. The summed E-state index contributed by atoms with van der Waals surface area (Å²) in [4.78, 5) is 16.5. The highest BCUT2D eigenvalue weighted by atomic mass is 16.1. The highest BCUT2D eigenvalue weighted by Gasteiger charge is 2.05. The number of imidazole rings is 1. The van der Waals surface area contributed by atoms with Crippen LogP contribution in [-0.2, 0) is 13.1 Å². The standard InChI is InChI=1S/C23H21N3O/c1-2-26-21-8-4-3-7-20(21)24-22(26)15-14-18-10-12-19(13-11-18)17-25-16-6-5-9-23(25)27/h3-16H,2,17H2,1H3/b15-14+. The second-order valence-corrected chi connectivity index (χ2v) is 6.44. The Bertz CT molecular complexity index is 1150. The van der Waals surface area contributed by atoms with Crippen molar-refractivity contribution in [2.24, 2.45) is 0 Å². The first-order valence-electron chi connectivity index (χ1n) is 9.12. The van der Waals surface area contributed by atoms with Gasteiger partial charge in [0.15, 0.2) is 0 Å². The molecule has 0 bridgehead atoms. The molecule has 4 nitrogen and oxygen atoms in total. The van der Waals surface area contributed by atoms with Gasteiger partial charge < -0.3 is 9.13 Å². The molecule has 0 saturated heterocycles.